The van der Waals surface area contributed by atoms with Gasteiger partial charge < -0.3 is 15.8 Å². The van der Waals surface area contributed by atoms with Crippen LogP contribution in [0, 0.1) is 0 Å². The van der Waals surface area contributed by atoms with E-state index in [0.29, 0.717) is 13.2 Å². The van der Waals surface area contributed by atoms with Gasteiger partial charge in [-0.15, -0.1) is 12.4 Å². The Morgan fingerprint density at radius 2 is 2.25 bits per heavy atom. The van der Waals surface area contributed by atoms with Crippen LogP contribution < -0.4 is 15.8 Å². The third kappa shape index (κ3) is 5.95. The van der Waals surface area contributed by atoms with E-state index in [-0.39, 0.29) is 24.9 Å². The Bertz CT molecular complexity index is 336. The molecule has 0 radical (unpaired) electrons. The van der Waals surface area contributed by atoms with Gasteiger partial charge in [-0.2, -0.15) is 0 Å². The molecule has 0 saturated carbocycles. The summed E-state index contributed by atoms with van der Waals surface area (Å²) in [6, 6.07) is 7.53. The number of hydrogen-bond acceptors (Lipinski definition) is 3. The summed E-state index contributed by atoms with van der Waals surface area (Å²) in [5.74, 6) is 0.596. The second-order valence-corrected chi connectivity index (χ2v) is 3.78. The molecule has 0 aromatic heterocycles. The van der Waals surface area contributed by atoms with Crippen LogP contribution in [0.25, 0.3) is 0 Å². The largest absolute Gasteiger partial charge is 0.492 e. The van der Waals surface area contributed by atoms with E-state index in [0.717, 1.165) is 10.2 Å². The van der Waals surface area contributed by atoms with Gasteiger partial charge in [-0.1, -0.05) is 22.0 Å². The smallest absolute Gasteiger partial charge is 0.233 e. The molecule has 1 aromatic carbocycles. The first-order chi connectivity index (χ1) is 7.22. The highest BCUT2D eigenvalue weighted by Gasteiger charge is 1.97. The van der Waals surface area contributed by atoms with Crippen LogP contribution in [0.3, 0.4) is 0 Å². The van der Waals surface area contributed by atoms with Gasteiger partial charge in [-0.3, -0.25) is 4.79 Å². The van der Waals surface area contributed by atoms with Gasteiger partial charge in [0.1, 0.15) is 12.4 Å². The molecule has 16 heavy (non-hydrogen) atoms. The second kappa shape index (κ2) is 8.38. The van der Waals surface area contributed by atoms with Crippen molar-refractivity contribution in [1.82, 2.24) is 5.32 Å². The lowest BCUT2D eigenvalue weighted by molar-refractivity contribution is -0.119. The monoisotopic (exact) mass is 308 g/mol. The highest BCUT2D eigenvalue weighted by molar-refractivity contribution is 9.10. The standard InChI is InChI=1S/C10H13BrN2O2.ClH/c11-8-2-1-3-9(6-8)15-5-4-13-10(14)7-12;/h1-3,6H,4-5,7,12H2,(H,13,14);1H. The number of carbonyl (C=O) groups is 1. The zero-order valence-corrected chi connectivity index (χ0v) is 11.0. The first kappa shape index (κ1) is 15.2. The van der Waals surface area contributed by atoms with Crippen molar-refractivity contribution in [3.63, 3.8) is 0 Å². The van der Waals surface area contributed by atoms with Crippen LogP contribution in [0.15, 0.2) is 28.7 Å². The molecular weight excluding hydrogens is 295 g/mol. The average molecular weight is 310 g/mol. The highest BCUT2D eigenvalue weighted by Crippen LogP contribution is 2.17. The predicted octanol–water partition coefficient (Wildman–Crippen LogP) is 1.32. The number of carbonyl (C=O) groups excluding carboxylic acids is 1. The van der Waals surface area contributed by atoms with Crippen molar-refractivity contribution in [3.8, 4) is 5.75 Å². The Hall–Kier alpha value is -0.780. The van der Waals surface area contributed by atoms with E-state index in [1.54, 1.807) is 0 Å². The van der Waals surface area contributed by atoms with E-state index in [1.165, 1.54) is 0 Å². The Labute approximate surface area is 109 Å². The molecule has 1 aromatic rings. The molecule has 0 aliphatic carbocycles. The average Bonchev–Trinajstić information content (AvgIpc) is 2.24. The maximum Gasteiger partial charge on any atom is 0.233 e. The molecule has 90 valence electrons. The molecule has 0 unspecified atom stereocenters. The van der Waals surface area contributed by atoms with Crippen molar-refractivity contribution < 1.29 is 9.53 Å². The molecule has 1 amide bonds. The highest BCUT2D eigenvalue weighted by atomic mass is 79.9. The maximum atomic E-state index is 10.8. The number of amides is 1. The SMILES string of the molecule is Cl.NCC(=O)NCCOc1cccc(Br)c1. The van der Waals surface area contributed by atoms with Gasteiger partial charge in [0, 0.05) is 4.47 Å². The number of nitrogens with one attached hydrogen (secondary N) is 1. The van der Waals surface area contributed by atoms with Gasteiger partial charge in [-0.05, 0) is 18.2 Å². The van der Waals surface area contributed by atoms with Crippen molar-refractivity contribution in [3.05, 3.63) is 28.7 Å². The zero-order chi connectivity index (χ0) is 11.1. The van der Waals surface area contributed by atoms with Crippen LogP contribution in [-0.4, -0.2) is 25.6 Å². The molecular formula is C10H14BrClN2O2. The van der Waals surface area contributed by atoms with Crippen molar-refractivity contribution >= 4 is 34.2 Å². The predicted molar refractivity (Wildman–Crippen MR) is 68.9 cm³/mol. The Morgan fingerprint density at radius 3 is 2.88 bits per heavy atom. The number of rotatable bonds is 5. The number of benzene rings is 1. The summed E-state index contributed by atoms with van der Waals surface area (Å²) in [7, 11) is 0. The maximum absolute atomic E-state index is 10.8. The lowest BCUT2D eigenvalue weighted by Gasteiger charge is -2.07. The van der Waals surface area contributed by atoms with Gasteiger partial charge in [0.05, 0.1) is 13.1 Å². The number of hydrogen-bond donors (Lipinski definition) is 2. The van der Waals surface area contributed by atoms with Crippen LogP contribution in [0.2, 0.25) is 0 Å². The summed E-state index contributed by atoms with van der Waals surface area (Å²) in [5.41, 5.74) is 5.13. The molecule has 0 spiro atoms. The third-order valence-electron chi connectivity index (χ3n) is 1.67. The molecule has 0 atom stereocenters. The summed E-state index contributed by atoms with van der Waals surface area (Å²) in [4.78, 5) is 10.8. The zero-order valence-electron chi connectivity index (χ0n) is 8.61. The second-order valence-electron chi connectivity index (χ2n) is 2.86. The van der Waals surface area contributed by atoms with Gasteiger partial charge in [0.25, 0.3) is 0 Å². The molecule has 1 rings (SSSR count). The summed E-state index contributed by atoms with van der Waals surface area (Å²) >= 11 is 3.34. The Kier molecular flexibility index (Phi) is 7.97. The molecule has 3 N–H and O–H groups in total. The fourth-order valence-corrected chi connectivity index (χ4v) is 1.37. The molecule has 0 aliphatic heterocycles. The van der Waals surface area contributed by atoms with Gasteiger partial charge in [0.15, 0.2) is 0 Å². The van der Waals surface area contributed by atoms with Gasteiger partial charge in [0.2, 0.25) is 5.91 Å². The lowest BCUT2D eigenvalue weighted by atomic mass is 10.3. The van der Waals surface area contributed by atoms with Crippen LogP contribution in [-0.2, 0) is 4.79 Å². The fourth-order valence-electron chi connectivity index (χ4n) is 0.988. The minimum atomic E-state index is -0.173. The van der Waals surface area contributed by atoms with E-state index >= 15 is 0 Å². The lowest BCUT2D eigenvalue weighted by Crippen LogP contribution is -2.33. The van der Waals surface area contributed by atoms with Gasteiger partial charge >= 0.3 is 0 Å². The number of ether oxygens (including phenoxy) is 1. The molecule has 0 aliphatic rings. The minimum Gasteiger partial charge on any atom is -0.492 e. The fraction of sp³-hybridized carbons (Fsp3) is 0.300. The topological polar surface area (TPSA) is 64.4 Å². The van der Waals surface area contributed by atoms with Crippen LogP contribution in [0.4, 0.5) is 0 Å². The third-order valence-corrected chi connectivity index (χ3v) is 2.17. The van der Waals surface area contributed by atoms with Crippen molar-refractivity contribution in [1.29, 1.82) is 0 Å². The van der Waals surface area contributed by atoms with Gasteiger partial charge in [-0.25, -0.2) is 0 Å². The Balaban J connectivity index is 0.00000225. The molecule has 0 heterocycles. The van der Waals surface area contributed by atoms with E-state index in [1.807, 2.05) is 24.3 Å². The van der Waals surface area contributed by atoms with E-state index < -0.39 is 0 Å². The van der Waals surface area contributed by atoms with E-state index in [2.05, 4.69) is 21.2 Å². The first-order valence-corrected chi connectivity index (χ1v) is 5.37. The summed E-state index contributed by atoms with van der Waals surface area (Å²) in [6.07, 6.45) is 0. The number of halogens is 2. The first-order valence-electron chi connectivity index (χ1n) is 4.57. The molecule has 0 fully saturated rings. The summed E-state index contributed by atoms with van der Waals surface area (Å²) < 4.78 is 6.36. The van der Waals surface area contributed by atoms with Crippen molar-refractivity contribution in [2.75, 3.05) is 19.7 Å². The number of nitrogens with two attached hydrogens (primary N) is 1. The molecule has 6 heteroatoms. The van der Waals surface area contributed by atoms with Crippen LogP contribution in [0.1, 0.15) is 0 Å². The molecule has 0 saturated heterocycles. The summed E-state index contributed by atoms with van der Waals surface area (Å²) in [5, 5.41) is 2.62. The van der Waals surface area contributed by atoms with Crippen LogP contribution >= 0.6 is 28.3 Å². The van der Waals surface area contributed by atoms with Crippen molar-refractivity contribution in [2.24, 2.45) is 5.73 Å². The quantitative estimate of drug-likeness (QED) is 0.807. The van der Waals surface area contributed by atoms with Crippen molar-refractivity contribution in [2.45, 2.75) is 0 Å². The van der Waals surface area contributed by atoms with Crippen LogP contribution in [0.5, 0.6) is 5.75 Å². The summed E-state index contributed by atoms with van der Waals surface area (Å²) in [6.45, 7) is 0.904. The van der Waals surface area contributed by atoms with E-state index in [4.69, 9.17) is 10.5 Å². The normalized spacial score (nSPS) is 9.12. The Morgan fingerprint density at radius 1 is 1.50 bits per heavy atom. The minimum absolute atomic E-state index is 0. The molecule has 4 nitrogen and oxygen atoms in total. The molecule has 0 bridgehead atoms. The van der Waals surface area contributed by atoms with E-state index in [9.17, 15) is 4.79 Å².